The van der Waals surface area contributed by atoms with Crippen molar-refractivity contribution in [3.8, 4) is 5.75 Å². The van der Waals surface area contributed by atoms with E-state index >= 15 is 0 Å². The summed E-state index contributed by atoms with van der Waals surface area (Å²) in [7, 11) is -5.44. The van der Waals surface area contributed by atoms with E-state index in [1.807, 2.05) is 12.1 Å². The smallest absolute Gasteiger partial charge is 0.410 e. The predicted octanol–water partition coefficient (Wildman–Crippen LogP) is 6.86. The summed E-state index contributed by atoms with van der Waals surface area (Å²) in [5, 5.41) is 11.8. The lowest BCUT2D eigenvalue weighted by Gasteiger charge is -2.43. The van der Waals surface area contributed by atoms with E-state index in [1.165, 1.54) is 23.1 Å². The Balaban J connectivity index is 2.16. The number of nitro groups is 1. The Labute approximate surface area is 297 Å². The number of carbonyl (C=O) groups excluding carboxylic acids is 1. The molecule has 276 valence electrons. The lowest BCUT2D eigenvalue weighted by molar-refractivity contribution is -0.388. The number of hydroxylamine groups is 1. The highest BCUT2D eigenvalue weighted by atomic mass is 32.2. The minimum Gasteiger partial charge on any atom is -0.497 e. The van der Waals surface area contributed by atoms with Gasteiger partial charge in [-0.1, -0.05) is 61.7 Å². The fourth-order valence-electron chi connectivity index (χ4n) is 4.80. The maximum atomic E-state index is 14.3. The Morgan fingerprint density at radius 2 is 1.72 bits per heavy atom. The summed E-state index contributed by atoms with van der Waals surface area (Å²) in [4.78, 5) is 31.7. The van der Waals surface area contributed by atoms with Gasteiger partial charge >= 0.3 is 6.09 Å². The van der Waals surface area contributed by atoms with Gasteiger partial charge in [-0.2, -0.15) is 0 Å². The molecule has 0 saturated heterocycles. The van der Waals surface area contributed by atoms with Crippen LogP contribution in [0.25, 0.3) is 0 Å². The number of hydrogen-bond acceptors (Lipinski definition) is 10. The van der Waals surface area contributed by atoms with Gasteiger partial charge in [0.05, 0.1) is 50.5 Å². The van der Waals surface area contributed by atoms with Crippen molar-refractivity contribution in [2.45, 2.75) is 88.9 Å². The van der Waals surface area contributed by atoms with E-state index in [-0.39, 0.29) is 38.0 Å². The lowest BCUT2D eigenvalue weighted by atomic mass is 9.99. The molecule has 0 fully saturated rings. The minimum absolute atomic E-state index is 0.0597. The third-order valence-corrected chi connectivity index (χ3v) is 14.7. The molecular formula is C35H51N3O10SSi. The summed E-state index contributed by atoms with van der Waals surface area (Å²) in [5.74, 6) is 0.686. The highest BCUT2D eigenvalue weighted by Gasteiger charge is 2.45. The van der Waals surface area contributed by atoms with Crippen LogP contribution < -0.4 is 4.74 Å². The second kappa shape index (κ2) is 16.6. The van der Waals surface area contributed by atoms with E-state index in [1.54, 1.807) is 46.1 Å². The zero-order chi connectivity index (χ0) is 37.5. The van der Waals surface area contributed by atoms with Crippen LogP contribution in [0.1, 0.15) is 47.1 Å². The highest BCUT2D eigenvalue weighted by Crippen LogP contribution is 2.38. The molecule has 13 nitrogen and oxygen atoms in total. The molecule has 2 atom stereocenters. The molecule has 0 aliphatic carbocycles. The number of para-hydroxylation sites is 1. The Morgan fingerprint density at radius 3 is 2.28 bits per heavy atom. The van der Waals surface area contributed by atoms with Crippen molar-refractivity contribution in [3.05, 3.63) is 88.5 Å². The molecular weight excluding hydrogens is 683 g/mol. The average molecular weight is 734 g/mol. The quantitative estimate of drug-likeness (QED) is 0.0823. The largest absolute Gasteiger partial charge is 0.497 e. The van der Waals surface area contributed by atoms with Crippen LogP contribution in [-0.4, -0.2) is 88.3 Å². The van der Waals surface area contributed by atoms with Crippen molar-refractivity contribution < 1.29 is 41.6 Å². The first-order chi connectivity index (χ1) is 23.2. The summed E-state index contributed by atoms with van der Waals surface area (Å²) in [6.07, 6.45) is 2.42. The third kappa shape index (κ3) is 10.5. The van der Waals surface area contributed by atoms with Crippen LogP contribution in [0.2, 0.25) is 18.1 Å². The molecule has 0 aromatic heterocycles. The number of ether oxygens (including phenoxy) is 3. The van der Waals surface area contributed by atoms with Crippen LogP contribution in [0.15, 0.2) is 77.7 Å². The molecule has 0 N–H and O–H groups in total. The van der Waals surface area contributed by atoms with Gasteiger partial charge in [0.15, 0.2) is 13.2 Å². The summed E-state index contributed by atoms with van der Waals surface area (Å²) in [6, 6.07) is 10.5. The van der Waals surface area contributed by atoms with Crippen LogP contribution in [0.3, 0.4) is 0 Å². The van der Waals surface area contributed by atoms with Crippen LogP contribution >= 0.6 is 0 Å². The van der Waals surface area contributed by atoms with Crippen LogP contribution in [0, 0.1) is 10.1 Å². The van der Waals surface area contributed by atoms with Gasteiger partial charge in [-0.05, 0) is 68.2 Å². The van der Waals surface area contributed by atoms with Crippen molar-refractivity contribution in [1.29, 1.82) is 0 Å². The van der Waals surface area contributed by atoms with Gasteiger partial charge in [-0.15, -0.1) is 6.58 Å². The molecule has 0 bridgehead atoms. The number of hydrogen-bond donors (Lipinski definition) is 0. The molecule has 15 heteroatoms. The van der Waals surface area contributed by atoms with E-state index in [0.717, 1.165) is 17.7 Å². The van der Waals surface area contributed by atoms with Crippen LogP contribution in [0.5, 0.6) is 5.75 Å². The third-order valence-electron chi connectivity index (χ3n) is 8.50. The molecule has 0 saturated carbocycles. The summed E-state index contributed by atoms with van der Waals surface area (Å²) in [5.41, 5.74) is -0.174. The molecule has 1 amide bonds. The highest BCUT2D eigenvalue weighted by molar-refractivity contribution is 7.89. The molecule has 50 heavy (non-hydrogen) atoms. The Bertz CT molecular complexity index is 1630. The standard InChI is InChI=1S/C35H51N3O10SSi/c1-11-20-46-38(49(42,43)32-15-13-12-14-30(32)37(40)41)31-22-36(33(39)48-34(2,3)4)28(25-47-50(9,10)35(5,6)7)21-27(31)24-45-23-26-16-18-29(44-8)19-17-26/h11-19,21,28,31H,1,20,22-25H2,2-10H3. The fourth-order valence-corrected chi connectivity index (χ4v) is 7.41. The molecule has 1 aliphatic rings. The van der Waals surface area contributed by atoms with Gasteiger partial charge in [0.25, 0.3) is 15.7 Å². The molecule has 2 aromatic carbocycles. The van der Waals surface area contributed by atoms with Gasteiger partial charge in [-0.3, -0.25) is 19.9 Å². The van der Waals surface area contributed by atoms with E-state index in [9.17, 15) is 23.3 Å². The molecule has 1 aliphatic heterocycles. The van der Waals surface area contributed by atoms with E-state index in [0.29, 0.717) is 15.8 Å². The number of carbonyl (C=O) groups is 1. The monoisotopic (exact) mass is 733 g/mol. The van der Waals surface area contributed by atoms with Crippen molar-refractivity contribution in [1.82, 2.24) is 9.37 Å². The zero-order valence-electron chi connectivity index (χ0n) is 30.5. The fraction of sp³-hybridized carbons (Fsp3) is 0.514. The molecule has 2 unspecified atom stereocenters. The molecule has 0 spiro atoms. The topological polar surface area (TPSA) is 147 Å². The number of rotatable bonds is 15. The molecule has 2 aromatic rings. The Morgan fingerprint density at radius 1 is 1.08 bits per heavy atom. The first-order valence-corrected chi connectivity index (χ1v) is 20.6. The van der Waals surface area contributed by atoms with Gasteiger partial charge < -0.3 is 18.6 Å². The van der Waals surface area contributed by atoms with E-state index in [2.05, 4.69) is 40.4 Å². The second-order valence-electron chi connectivity index (χ2n) is 14.4. The van der Waals surface area contributed by atoms with Gasteiger partial charge in [0.1, 0.15) is 11.4 Å². The van der Waals surface area contributed by atoms with E-state index < -0.39 is 57.6 Å². The van der Waals surface area contributed by atoms with Gasteiger partial charge in [0.2, 0.25) is 0 Å². The van der Waals surface area contributed by atoms with Crippen LogP contribution in [-0.2, 0) is 35.4 Å². The van der Waals surface area contributed by atoms with Gasteiger partial charge in [-0.25, -0.2) is 13.2 Å². The maximum Gasteiger partial charge on any atom is 0.410 e. The number of nitro benzene ring substituents is 1. The average Bonchev–Trinajstić information content (AvgIpc) is 3.03. The lowest BCUT2D eigenvalue weighted by Crippen LogP contribution is -2.57. The maximum absolute atomic E-state index is 14.3. The van der Waals surface area contributed by atoms with Crippen molar-refractivity contribution in [3.63, 3.8) is 0 Å². The normalized spacial score (nSPS) is 17.3. The number of nitrogens with zero attached hydrogens (tertiary/aromatic N) is 3. The number of sulfonamides is 1. The van der Waals surface area contributed by atoms with Crippen molar-refractivity contribution in [2.24, 2.45) is 0 Å². The van der Waals surface area contributed by atoms with Crippen LogP contribution in [0.4, 0.5) is 10.5 Å². The van der Waals surface area contributed by atoms with Crippen molar-refractivity contribution >= 4 is 30.1 Å². The number of methoxy groups -OCH3 is 1. The first-order valence-electron chi connectivity index (χ1n) is 16.3. The Kier molecular flexibility index (Phi) is 13.6. The van der Waals surface area contributed by atoms with Crippen molar-refractivity contribution in [2.75, 3.05) is 33.5 Å². The predicted molar refractivity (Wildman–Crippen MR) is 193 cm³/mol. The van der Waals surface area contributed by atoms with E-state index in [4.69, 9.17) is 23.5 Å². The molecule has 1 heterocycles. The van der Waals surface area contributed by atoms with Gasteiger partial charge in [0, 0.05) is 12.6 Å². The summed E-state index contributed by atoms with van der Waals surface area (Å²) >= 11 is 0. The number of amides is 1. The zero-order valence-corrected chi connectivity index (χ0v) is 32.3. The summed E-state index contributed by atoms with van der Waals surface area (Å²) < 4.78 is 53.1. The summed E-state index contributed by atoms with van der Waals surface area (Å²) in [6.45, 7) is 19.2. The second-order valence-corrected chi connectivity index (χ2v) is 21.0. The molecule has 0 radical (unpaired) electrons. The molecule has 3 rings (SSSR count). The Hall–Kier alpha value is -3.60. The first kappa shape index (κ1) is 40.8. The SMILES string of the molecule is C=CCON(C1CN(C(=O)OC(C)(C)C)C(CO[Si](C)(C)C(C)(C)C)C=C1COCc1ccc(OC)cc1)S(=O)(=O)c1ccccc1[N+](=O)[O-]. The minimum atomic E-state index is -4.71. The number of benzene rings is 2.